The number of rotatable bonds is 0. The molecule has 0 aromatic carbocycles. The van der Waals surface area contributed by atoms with Crippen LogP contribution in [0, 0.1) is 28.6 Å². The maximum Gasteiger partial charge on any atom is 0.226 e. The lowest BCUT2D eigenvalue weighted by molar-refractivity contribution is -0.132. The molecule has 24 heavy (non-hydrogen) atoms. The molecule has 3 aliphatic carbocycles. The van der Waals surface area contributed by atoms with Gasteiger partial charge in [-0.2, -0.15) is 0 Å². The van der Waals surface area contributed by atoms with Gasteiger partial charge in [0.2, 0.25) is 5.91 Å². The van der Waals surface area contributed by atoms with Crippen LogP contribution in [0.15, 0.2) is 35.5 Å². The largest absolute Gasteiger partial charge is 0.355 e. The van der Waals surface area contributed by atoms with Crippen molar-refractivity contribution in [2.45, 2.75) is 46.0 Å². The van der Waals surface area contributed by atoms with Gasteiger partial charge < -0.3 is 5.32 Å². The van der Waals surface area contributed by atoms with Gasteiger partial charge in [-0.3, -0.25) is 4.79 Å². The van der Waals surface area contributed by atoms with Crippen LogP contribution in [-0.4, -0.2) is 12.5 Å². The summed E-state index contributed by atoms with van der Waals surface area (Å²) < 4.78 is 27.8. The van der Waals surface area contributed by atoms with E-state index in [1.807, 2.05) is 6.92 Å². The summed E-state index contributed by atoms with van der Waals surface area (Å²) in [5.74, 6) is 0.307. The van der Waals surface area contributed by atoms with Gasteiger partial charge >= 0.3 is 0 Å². The maximum absolute atomic E-state index is 13.9. The average molecular weight is 333 g/mol. The predicted octanol–water partition coefficient (Wildman–Crippen LogP) is 4.60. The van der Waals surface area contributed by atoms with E-state index in [2.05, 4.69) is 18.3 Å². The molecule has 1 N–H and O–H groups in total. The number of carbonyl (C=O) groups excluding carboxylic acids is 1. The normalized spacial score (nSPS) is 47.8. The topological polar surface area (TPSA) is 29.1 Å². The Bertz CT molecular complexity index is 679. The first-order valence-electron chi connectivity index (χ1n) is 9.07. The van der Waals surface area contributed by atoms with Crippen molar-refractivity contribution in [1.82, 2.24) is 5.32 Å². The summed E-state index contributed by atoms with van der Waals surface area (Å²) in [6, 6.07) is 0. The molecule has 2 saturated carbocycles. The summed E-state index contributed by atoms with van der Waals surface area (Å²) in [4.78, 5) is 12.4. The Morgan fingerprint density at radius 1 is 1.17 bits per heavy atom. The van der Waals surface area contributed by atoms with Crippen molar-refractivity contribution in [3.8, 4) is 0 Å². The number of amides is 1. The molecular formula is C20H25F2NO. The van der Waals surface area contributed by atoms with Gasteiger partial charge in [-0.25, -0.2) is 8.78 Å². The minimum absolute atomic E-state index is 0.0426. The standard InChI is InChI=1S/C20H25F2NO/c1-19-7-4-3-5-14(19)12(9-21)13(10-22)17-15(19)6-8-20(2)16(17)11-23-18(20)24/h5,9-10,15-17H,3-4,6-8,11H2,1-2H3,(H,23,24)/t15-,16-,17+,19-,20-/m0/s1. The molecule has 0 aromatic heterocycles. The van der Waals surface area contributed by atoms with Crippen molar-refractivity contribution in [3.05, 3.63) is 35.5 Å². The highest BCUT2D eigenvalue weighted by molar-refractivity contribution is 5.85. The number of nitrogens with one attached hydrogen (secondary N) is 1. The summed E-state index contributed by atoms with van der Waals surface area (Å²) in [5, 5.41) is 2.98. The Morgan fingerprint density at radius 2 is 1.96 bits per heavy atom. The van der Waals surface area contributed by atoms with Gasteiger partial charge in [-0.1, -0.05) is 19.9 Å². The van der Waals surface area contributed by atoms with Crippen LogP contribution in [0.25, 0.3) is 0 Å². The zero-order valence-corrected chi connectivity index (χ0v) is 14.4. The molecule has 2 nitrogen and oxygen atoms in total. The van der Waals surface area contributed by atoms with Crippen molar-refractivity contribution < 1.29 is 13.6 Å². The quantitative estimate of drug-likeness (QED) is 0.689. The fourth-order valence-electron chi connectivity index (χ4n) is 6.16. The van der Waals surface area contributed by atoms with E-state index in [0.717, 1.165) is 37.7 Å². The van der Waals surface area contributed by atoms with E-state index in [1.165, 1.54) is 0 Å². The van der Waals surface area contributed by atoms with Crippen LogP contribution in [0.3, 0.4) is 0 Å². The van der Waals surface area contributed by atoms with Gasteiger partial charge in [0.05, 0.1) is 18.1 Å². The van der Waals surface area contributed by atoms with Crippen LogP contribution in [0.2, 0.25) is 0 Å². The zero-order chi connectivity index (χ0) is 17.1. The molecule has 130 valence electrons. The third-order valence-corrected chi connectivity index (χ3v) is 7.53. The molecule has 1 heterocycles. The number of fused-ring (bicyclic) bond motifs is 5. The van der Waals surface area contributed by atoms with Crippen LogP contribution in [0.4, 0.5) is 8.78 Å². The van der Waals surface area contributed by atoms with Crippen LogP contribution in [0.1, 0.15) is 46.0 Å². The second kappa shape index (κ2) is 5.27. The average Bonchev–Trinajstić information content (AvgIpc) is 2.88. The summed E-state index contributed by atoms with van der Waals surface area (Å²) in [7, 11) is 0. The van der Waals surface area contributed by atoms with Gasteiger partial charge in [0.15, 0.2) is 0 Å². The van der Waals surface area contributed by atoms with Crippen molar-refractivity contribution in [2.24, 2.45) is 28.6 Å². The number of hydrogen-bond acceptors (Lipinski definition) is 1. The Morgan fingerprint density at radius 3 is 2.67 bits per heavy atom. The summed E-state index contributed by atoms with van der Waals surface area (Å²) in [5.41, 5.74) is 1.33. The zero-order valence-electron chi connectivity index (χ0n) is 14.4. The van der Waals surface area contributed by atoms with E-state index in [9.17, 15) is 13.6 Å². The number of allylic oxidation sites excluding steroid dienone is 4. The minimum atomic E-state index is -0.455. The highest BCUT2D eigenvalue weighted by Crippen LogP contribution is 2.65. The molecule has 5 atom stereocenters. The van der Waals surface area contributed by atoms with Gasteiger partial charge in [0, 0.05) is 12.1 Å². The first-order chi connectivity index (χ1) is 11.5. The Hall–Kier alpha value is -1.45. The molecule has 4 rings (SSSR count). The summed E-state index contributed by atoms with van der Waals surface area (Å²) in [6.45, 7) is 4.79. The molecule has 0 radical (unpaired) electrons. The van der Waals surface area contributed by atoms with E-state index in [0.29, 0.717) is 30.4 Å². The molecule has 0 aromatic rings. The second-order valence-corrected chi connectivity index (χ2v) is 8.42. The van der Waals surface area contributed by atoms with E-state index < -0.39 is 5.41 Å². The van der Waals surface area contributed by atoms with Crippen molar-refractivity contribution in [3.63, 3.8) is 0 Å². The van der Waals surface area contributed by atoms with Gasteiger partial charge in [-0.05, 0) is 66.4 Å². The predicted molar refractivity (Wildman–Crippen MR) is 89.2 cm³/mol. The van der Waals surface area contributed by atoms with Crippen LogP contribution in [-0.2, 0) is 4.79 Å². The molecule has 1 aliphatic heterocycles. The third kappa shape index (κ3) is 1.83. The van der Waals surface area contributed by atoms with Crippen molar-refractivity contribution in [2.75, 3.05) is 6.54 Å². The van der Waals surface area contributed by atoms with E-state index in [1.54, 1.807) is 0 Å². The van der Waals surface area contributed by atoms with Gasteiger partial charge in [-0.15, -0.1) is 0 Å². The monoisotopic (exact) mass is 333 g/mol. The third-order valence-electron chi connectivity index (χ3n) is 7.53. The van der Waals surface area contributed by atoms with E-state index in [4.69, 9.17) is 0 Å². The number of carbonyl (C=O) groups is 1. The molecule has 1 saturated heterocycles. The van der Waals surface area contributed by atoms with Gasteiger partial charge in [0.25, 0.3) is 0 Å². The van der Waals surface area contributed by atoms with E-state index in [-0.39, 0.29) is 29.1 Å². The maximum atomic E-state index is 13.9. The number of hydrogen-bond donors (Lipinski definition) is 1. The van der Waals surface area contributed by atoms with Crippen molar-refractivity contribution >= 4 is 5.91 Å². The Balaban J connectivity index is 1.88. The second-order valence-electron chi connectivity index (χ2n) is 8.42. The van der Waals surface area contributed by atoms with Crippen LogP contribution < -0.4 is 5.32 Å². The molecule has 3 fully saturated rings. The van der Waals surface area contributed by atoms with Crippen LogP contribution in [0.5, 0.6) is 0 Å². The molecule has 0 unspecified atom stereocenters. The molecule has 1 amide bonds. The van der Waals surface area contributed by atoms with E-state index >= 15 is 0 Å². The molecule has 0 bridgehead atoms. The smallest absolute Gasteiger partial charge is 0.226 e. The SMILES string of the molecule is C[C@]12CCCC=C1C(=CF)C(=CF)[C@@H]1[C@@H]2CC[C@]2(C)C(=O)NC[C@@H]12. The summed E-state index contributed by atoms with van der Waals surface area (Å²) >= 11 is 0. The van der Waals surface area contributed by atoms with Crippen molar-refractivity contribution in [1.29, 1.82) is 0 Å². The first kappa shape index (κ1) is 16.0. The molecule has 4 aliphatic rings. The fraction of sp³-hybridized carbons (Fsp3) is 0.650. The molecular weight excluding hydrogens is 308 g/mol. The summed E-state index contributed by atoms with van der Waals surface area (Å²) in [6.07, 6.45) is 8.08. The minimum Gasteiger partial charge on any atom is -0.355 e. The molecule has 0 spiro atoms. The highest BCUT2D eigenvalue weighted by atomic mass is 19.1. The molecule has 4 heteroatoms. The number of halogens is 2. The Labute approximate surface area is 142 Å². The Kier molecular flexibility index (Phi) is 3.52. The van der Waals surface area contributed by atoms with Gasteiger partial charge in [0.1, 0.15) is 0 Å². The highest BCUT2D eigenvalue weighted by Gasteiger charge is 2.61. The first-order valence-corrected chi connectivity index (χ1v) is 9.07. The fourth-order valence-corrected chi connectivity index (χ4v) is 6.16. The lowest BCUT2D eigenvalue weighted by atomic mass is 9.45. The van der Waals surface area contributed by atoms with Crippen LogP contribution >= 0.6 is 0 Å². The lowest BCUT2D eigenvalue weighted by Crippen LogP contribution is -2.52. The lowest BCUT2D eigenvalue weighted by Gasteiger charge is -2.57.